The Labute approximate surface area is 331 Å². The molecule has 0 saturated heterocycles. The van der Waals surface area contributed by atoms with E-state index in [2.05, 4.69) is 162 Å². The molecular formula is C52H39N5. The number of para-hydroxylation sites is 3. The highest BCUT2D eigenvalue weighted by Crippen LogP contribution is 2.41. The van der Waals surface area contributed by atoms with Gasteiger partial charge in [-0.15, -0.1) is 0 Å². The van der Waals surface area contributed by atoms with Crippen LogP contribution in [-0.2, 0) is 6.42 Å². The third kappa shape index (κ3) is 5.94. The molecule has 0 bridgehead atoms. The van der Waals surface area contributed by atoms with Crippen LogP contribution in [0.4, 0.5) is 0 Å². The molecule has 5 nitrogen and oxygen atoms in total. The summed E-state index contributed by atoms with van der Waals surface area (Å²) in [7, 11) is 0. The fourth-order valence-electron chi connectivity index (χ4n) is 8.93. The highest BCUT2D eigenvalue weighted by atomic mass is 15.1. The molecule has 2 heterocycles. The van der Waals surface area contributed by atoms with E-state index in [1.54, 1.807) is 0 Å². The first kappa shape index (κ1) is 33.4. The van der Waals surface area contributed by atoms with Gasteiger partial charge in [-0.1, -0.05) is 134 Å². The largest absolute Gasteiger partial charge is 0.292 e. The Morgan fingerprint density at radius 2 is 1.30 bits per heavy atom. The molecule has 0 fully saturated rings. The minimum atomic E-state index is 0.0217. The van der Waals surface area contributed by atoms with Crippen LogP contribution in [-0.4, -0.2) is 24.5 Å². The smallest absolute Gasteiger partial charge is 0.163 e. The molecule has 0 amide bonds. The SMILES string of the molecule is C1=CC(C2=CC(c3nc(C4=Cc5c(c6ccccc6c6ccccc56)CC4)nc(-c4cccc(-c5nc6ccccc6n5-c5ccccc5)c4)n3)CC=C2)=CCC1. The zero-order chi connectivity index (χ0) is 37.7. The highest BCUT2D eigenvalue weighted by molar-refractivity contribution is 6.14. The molecule has 1 unspecified atom stereocenters. The minimum absolute atomic E-state index is 0.0217. The van der Waals surface area contributed by atoms with E-state index in [9.17, 15) is 0 Å². The van der Waals surface area contributed by atoms with Gasteiger partial charge in [0.1, 0.15) is 11.6 Å². The zero-order valence-electron chi connectivity index (χ0n) is 31.5. The number of hydrogen-bond donors (Lipinski definition) is 0. The maximum absolute atomic E-state index is 5.34. The average Bonchev–Trinajstić information content (AvgIpc) is 3.69. The Balaban J connectivity index is 1.08. The number of benzene rings is 6. The number of allylic oxidation sites excluding steroid dienone is 9. The third-order valence-electron chi connectivity index (χ3n) is 11.7. The van der Waals surface area contributed by atoms with Crippen LogP contribution in [0.3, 0.4) is 0 Å². The fraction of sp³-hybridized carbons (Fsp3) is 0.115. The van der Waals surface area contributed by atoms with Gasteiger partial charge in [0.05, 0.1) is 11.0 Å². The van der Waals surface area contributed by atoms with Crippen molar-refractivity contribution < 1.29 is 0 Å². The zero-order valence-corrected chi connectivity index (χ0v) is 31.5. The lowest BCUT2D eigenvalue weighted by Gasteiger charge is -2.22. The van der Waals surface area contributed by atoms with Gasteiger partial charge in [-0.05, 0) is 118 Å². The molecule has 57 heavy (non-hydrogen) atoms. The lowest BCUT2D eigenvalue weighted by molar-refractivity contribution is 0.750. The van der Waals surface area contributed by atoms with Crippen molar-refractivity contribution in [3.63, 3.8) is 0 Å². The Morgan fingerprint density at radius 3 is 2.16 bits per heavy atom. The van der Waals surface area contributed by atoms with Crippen LogP contribution in [0.5, 0.6) is 0 Å². The van der Waals surface area contributed by atoms with Crippen molar-refractivity contribution >= 4 is 44.2 Å². The quantitative estimate of drug-likeness (QED) is 0.160. The maximum atomic E-state index is 5.34. The Kier molecular flexibility index (Phi) is 8.17. The molecule has 0 spiro atoms. The predicted octanol–water partition coefficient (Wildman–Crippen LogP) is 12.6. The summed E-state index contributed by atoms with van der Waals surface area (Å²) in [6.07, 6.45) is 20.9. The van der Waals surface area contributed by atoms with Crippen molar-refractivity contribution in [1.29, 1.82) is 0 Å². The van der Waals surface area contributed by atoms with Gasteiger partial charge in [-0.25, -0.2) is 19.9 Å². The average molecular weight is 734 g/mol. The van der Waals surface area contributed by atoms with Crippen molar-refractivity contribution in [1.82, 2.24) is 24.5 Å². The number of rotatable bonds is 6. The van der Waals surface area contributed by atoms with Crippen molar-refractivity contribution in [2.24, 2.45) is 0 Å². The normalized spacial score (nSPS) is 16.4. The lowest BCUT2D eigenvalue weighted by atomic mass is 9.84. The number of aromatic nitrogens is 5. The van der Waals surface area contributed by atoms with E-state index in [1.165, 1.54) is 43.8 Å². The second kappa shape index (κ2) is 13.9. The van der Waals surface area contributed by atoms with Crippen molar-refractivity contribution in [2.75, 3.05) is 0 Å². The summed E-state index contributed by atoms with van der Waals surface area (Å²) in [4.78, 5) is 21.1. The fourth-order valence-corrected chi connectivity index (χ4v) is 8.93. The minimum Gasteiger partial charge on any atom is -0.292 e. The van der Waals surface area contributed by atoms with Crippen LogP contribution in [0.2, 0.25) is 0 Å². The standard InChI is InChI=1S/C52H39N5/c1-3-15-34(16-4-1)35-17-13-18-36(31-35)49-54-50(37-19-14-20-39(32-37)52-53-47-27-11-12-28-48(47)57(52)40-21-5-2-6-22-40)56-51(55-49)38-29-30-45-43-25-8-7-23-41(43)42-24-9-10-26-44(42)46(45)33-38/h2-3,5-17,19-28,31-33,36H,1,4,18,29-30H2. The third-order valence-corrected chi connectivity index (χ3v) is 11.7. The van der Waals surface area contributed by atoms with Crippen LogP contribution in [0.15, 0.2) is 175 Å². The van der Waals surface area contributed by atoms with E-state index in [4.69, 9.17) is 19.9 Å². The van der Waals surface area contributed by atoms with Gasteiger partial charge in [0.25, 0.3) is 0 Å². The summed E-state index contributed by atoms with van der Waals surface area (Å²) < 4.78 is 2.24. The van der Waals surface area contributed by atoms with Crippen LogP contribution in [0.25, 0.3) is 72.7 Å². The van der Waals surface area contributed by atoms with Gasteiger partial charge in [0.2, 0.25) is 0 Å². The van der Waals surface area contributed by atoms with E-state index < -0.39 is 0 Å². The molecule has 5 heteroatoms. The summed E-state index contributed by atoms with van der Waals surface area (Å²) >= 11 is 0. The van der Waals surface area contributed by atoms with Crippen molar-refractivity contribution in [3.8, 4) is 28.5 Å². The van der Waals surface area contributed by atoms with E-state index in [-0.39, 0.29) is 5.92 Å². The molecule has 3 aliphatic carbocycles. The molecule has 11 rings (SSSR count). The van der Waals surface area contributed by atoms with Gasteiger partial charge in [-0.3, -0.25) is 4.57 Å². The summed E-state index contributed by atoms with van der Waals surface area (Å²) in [5.74, 6) is 3.13. The maximum Gasteiger partial charge on any atom is 0.163 e. The first-order valence-electron chi connectivity index (χ1n) is 20.0. The molecule has 0 radical (unpaired) electrons. The number of hydrogen-bond acceptors (Lipinski definition) is 4. The first-order valence-corrected chi connectivity index (χ1v) is 20.0. The predicted molar refractivity (Wildman–Crippen MR) is 234 cm³/mol. The second-order valence-electron chi connectivity index (χ2n) is 15.2. The van der Waals surface area contributed by atoms with Crippen LogP contribution >= 0.6 is 0 Å². The summed E-state index contributed by atoms with van der Waals surface area (Å²) in [6, 6.07) is 44.9. The van der Waals surface area contributed by atoms with E-state index in [0.29, 0.717) is 5.82 Å². The van der Waals surface area contributed by atoms with Crippen molar-refractivity contribution in [3.05, 3.63) is 198 Å². The molecule has 8 aromatic rings. The molecule has 2 aromatic heterocycles. The summed E-state index contributed by atoms with van der Waals surface area (Å²) in [5.41, 5.74) is 11.3. The lowest BCUT2D eigenvalue weighted by Crippen LogP contribution is -2.12. The number of nitrogens with zero attached hydrogens (tertiary/aromatic N) is 5. The molecule has 0 aliphatic heterocycles. The van der Waals surface area contributed by atoms with E-state index >= 15 is 0 Å². The van der Waals surface area contributed by atoms with Crippen LogP contribution < -0.4 is 0 Å². The second-order valence-corrected chi connectivity index (χ2v) is 15.2. The Morgan fingerprint density at radius 1 is 0.561 bits per heavy atom. The first-order chi connectivity index (χ1) is 28.2. The number of aryl methyl sites for hydroxylation is 1. The van der Waals surface area contributed by atoms with Gasteiger partial charge in [0.15, 0.2) is 11.6 Å². The van der Waals surface area contributed by atoms with Crippen molar-refractivity contribution in [2.45, 2.75) is 38.0 Å². The molecule has 272 valence electrons. The summed E-state index contributed by atoms with van der Waals surface area (Å²) in [5, 5.41) is 5.18. The van der Waals surface area contributed by atoms with Gasteiger partial charge in [0, 0.05) is 22.7 Å². The number of fused-ring (bicyclic) bond motifs is 7. The molecular weight excluding hydrogens is 695 g/mol. The summed E-state index contributed by atoms with van der Waals surface area (Å²) in [6.45, 7) is 0. The van der Waals surface area contributed by atoms with E-state index in [1.807, 2.05) is 12.1 Å². The molecule has 6 aromatic carbocycles. The molecule has 0 N–H and O–H groups in total. The van der Waals surface area contributed by atoms with Gasteiger partial charge >= 0.3 is 0 Å². The topological polar surface area (TPSA) is 56.5 Å². The Hall–Kier alpha value is -6.98. The van der Waals surface area contributed by atoms with Gasteiger partial charge < -0.3 is 0 Å². The monoisotopic (exact) mass is 733 g/mol. The van der Waals surface area contributed by atoms with Crippen LogP contribution in [0, 0.1) is 0 Å². The number of imidazole rings is 1. The van der Waals surface area contributed by atoms with Gasteiger partial charge in [-0.2, -0.15) is 0 Å². The molecule has 1 atom stereocenters. The van der Waals surface area contributed by atoms with E-state index in [0.717, 1.165) is 83.0 Å². The highest BCUT2D eigenvalue weighted by Gasteiger charge is 2.24. The Bertz CT molecular complexity index is 3050. The van der Waals surface area contributed by atoms with Crippen LogP contribution in [0.1, 0.15) is 54.4 Å². The molecule has 3 aliphatic rings. The molecule has 0 saturated carbocycles.